The second kappa shape index (κ2) is 9.04. The van der Waals surface area contributed by atoms with Crippen molar-refractivity contribution < 1.29 is 4.74 Å². The van der Waals surface area contributed by atoms with Gasteiger partial charge in [0.2, 0.25) is 0 Å². The van der Waals surface area contributed by atoms with Crippen LogP contribution in [0.3, 0.4) is 0 Å². The number of hydrogen-bond donors (Lipinski definition) is 1. The Morgan fingerprint density at radius 3 is 2.64 bits per heavy atom. The molecule has 0 spiro atoms. The van der Waals surface area contributed by atoms with E-state index in [9.17, 15) is 0 Å². The molecule has 0 unspecified atom stereocenters. The Morgan fingerprint density at radius 1 is 1.05 bits per heavy atom. The Hall–Kier alpha value is -1.22. The molecule has 2 rings (SSSR count). The van der Waals surface area contributed by atoms with Gasteiger partial charge in [0.1, 0.15) is 12.4 Å². The van der Waals surface area contributed by atoms with Crippen molar-refractivity contribution in [2.45, 2.75) is 32.9 Å². The smallest absolute Gasteiger partial charge is 0.124 e. The number of nitrogens with one attached hydrogen (secondary N) is 1. The molecule has 2 nitrogen and oxygen atoms in total. The fourth-order valence-corrected chi connectivity index (χ4v) is 2.55. The zero-order valence-electron chi connectivity index (χ0n) is 12.7. The highest BCUT2D eigenvalue weighted by atomic mass is 35.5. The van der Waals surface area contributed by atoms with Gasteiger partial charge < -0.3 is 10.1 Å². The van der Waals surface area contributed by atoms with Crippen LogP contribution in [-0.2, 0) is 13.2 Å². The summed E-state index contributed by atoms with van der Waals surface area (Å²) in [7, 11) is 0. The van der Waals surface area contributed by atoms with Gasteiger partial charge in [-0.1, -0.05) is 48.7 Å². The molecule has 0 fully saturated rings. The lowest BCUT2D eigenvalue weighted by Crippen LogP contribution is -2.15. The Labute approximate surface area is 142 Å². The molecule has 118 valence electrons. The monoisotopic (exact) mass is 337 g/mol. The lowest BCUT2D eigenvalue weighted by molar-refractivity contribution is 0.302. The topological polar surface area (TPSA) is 21.3 Å². The first-order chi connectivity index (χ1) is 10.7. The molecule has 0 amide bonds. The molecule has 0 aliphatic carbocycles. The highest BCUT2D eigenvalue weighted by Gasteiger charge is 2.05. The summed E-state index contributed by atoms with van der Waals surface area (Å²) in [5.74, 6) is 0.855. The van der Waals surface area contributed by atoms with E-state index in [0.29, 0.717) is 6.61 Å². The van der Waals surface area contributed by atoms with E-state index in [1.165, 1.54) is 12.8 Å². The van der Waals surface area contributed by atoms with Gasteiger partial charge in [-0.15, -0.1) is 0 Å². The van der Waals surface area contributed by atoms with E-state index in [0.717, 1.165) is 40.0 Å². The highest BCUT2D eigenvalue weighted by Crippen LogP contribution is 2.24. The summed E-state index contributed by atoms with van der Waals surface area (Å²) in [5, 5.41) is 4.86. The van der Waals surface area contributed by atoms with Gasteiger partial charge in [0.05, 0.1) is 0 Å². The first-order valence-corrected chi connectivity index (χ1v) is 8.31. The number of halogens is 2. The summed E-state index contributed by atoms with van der Waals surface area (Å²) in [6, 6.07) is 13.4. The third kappa shape index (κ3) is 5.53. The Kier molecular flexibility index (Phi) is 7.04. The predicted molar refractivity (Wildman–Crippen MR) is 93.9 cm³/mol. The van der Waals surface area contributed by atoms with E-state index in [2.05, 4.69) is 12.2 Å². The quantitative estimate of drug-likeness (QED) is 0.645. The standard InChI is InChI=1S/C18H21Cl2NO/c1-2-3-9-21-12-15-11-17(20)7-8-18(15)22-13-14-5-4-6-16(19)10-14/h4-8,10-11,21H,2-3,9,12-13H2,1H3. The maximum atomic E-state index is 6.09. The molecule has 0 saturated carbocycles. The first-order valence-electron chi connectivity index (χ1n) is 7.55. The number of ether oxygens (including phenoxy) is 1. The summed E-state index contributed by atoms with van der Waals surface area (Å²) in [5.41, 5.74) is 2.12. The number of hydrogen-bond acceptors (Lipinski definition) is 2. The second-order valence-corrected chi connectivity index (χ2v) is 6.07. The molecule has 22 heavy (non-hydrogen) atoms. The molecule has 0 radical (unpaired) electrons. The molecular formula is C18H21Cl2NO. The van der Waals surface area contributed by atoms with Crippen molar-refractivity contribution in [1.82, 2.24) is 5.32 Å². The van der Waals surface area contributed by atoms with E-state index >= 15 is 0 Å². The van der Waals surface area contributed by atoms with Crippen LogP contribution in [0.2, 0.25) is 10.0 Å². The van der Waals surface area contributed by atoms with Gasteiger partial charge in [0.15, 0.2) is 0 Å². The Balaban J connectivity index is 1.99. The third-order valence-corrected chi connectivity index (χ3v) is 3.80. The summed E-state index contributed by atoms with van der Waals surface area (Å²) in [4.78, 5) is 0. The molecule has 0 atom stereocenters. The highest BCUT2D eigenvalue weighted by molar-refractivity contribution is 6.30. The van der Waals surface area contributed by atoms with Crippen LogP contribution in [0, 0.1) is 0 Å². The van der Waals surface area contributed by atoms with Crippen molar-refractivity contribution >= 4 is 23.2 Å². The van der Waals surface area contributed by atoms with Gasteiger partial charge in [0.25, 0.3) is 0 Å². The zero-order valence-corrected chi connectivity index (χ0v) is 14.3. The predicted octanol–water partition coefficient (Wildman–Crippen LogP) is 5.46. The number of benzene rings is 2. The van der Waals surface area contributed by atoms with Crippen molar-refractivity contribution in [3.63, 3.8) is 0 Å². The van der Waals surface area contributed by atoms with E-state index < -0.39 is 0 Å². The second-order valence-electron chi connectivity index (χ2n) is 5.20. The molecule has 0 aliphatic rings. The van der Waals surface area contributed by atoms with Crippen molar-refractivity contribution in [3.8, 4) is 5.75 Å². The van der Waals surface area contributed by atoms with Crippen LogP contribution in [0.15, 0.2) is 42.5 Å². The normalized spacial score (nSPS) is 10.7. The van der Waals surface area contributed by atoms with Crippen LogP contribution in [0.1, 0.15) is 30.9 Å². The minimum atomic E-state index is 0.490. The molecule has 2 aromatic rings. The summed E-state index contributed by atoms with van der Waals surface area (Å²) in [6.45, 7) is 4.42. The number of unbranched alkanes of at least 4 members (excludes halogenated alkanes) is 1. The number of rotatable bonds is 8. The molecule has 2 aromatic carbocycles. The largest absolute Gasteiger partial charge is 0.489 e. The Morgan fingerprint density at radius 2 is 1.86 bits per heavy atom. The van der Waals surface area contributed by atoms with Gasteiger partial charge in [-0.25, -0.2) is 0 Å². The molecule has 0 saturated heterocycles. The molecule has 4 heteroatoms. The lowest BCUT2D eigenvalue weighted by atomic mass is 10.2. The van der Waals surface area contributed by atoms with Crippen LogP contribution >= 0.6 is 23.2 Å². The molecule has 0 aromatic heterocycles. The fourth-order valence-electron chi connectivity index (χ4n) is 2.14. The minimum Gasteiger partial charge on any atom is -0.489 e. The third-order valence-electron chi connectivity index (χ3n) is 3.33. The van der Waals surface area contributed by atoms with E-state index in [-0.39, 0.29) is 0 Å². The maximum absolute atomic E-state index is 6.09. The first kappa shape index (κ1) is 17.1. The van der Waals surface area contributed by atoms with Crippen molar-refractivity contribution in [1.29, 1.82) is 0 Å². The maximum Gasteiger partial charge on any atom is 0.124 e. The van der Waals surface area contributed by atoms with Crippen LogP contribution in [0.4, 0.5) is 0 Å². The molecular weight excluding hydrogens is 317 g/mol. The lowest BCUT2D eigenvalue weighted by Gasteiger charge is -2.13. The summed E-state index contributed by atoms with van der Waals surface area (Å²) in [6.07, 6.45) is 2.35. The minimum absolute atomic E-state index is 0.490. The average molecular weight is 338 g/mol. The van der Waals surface area contributed by atoms with E-state index in [1.807, 2.05) is 42.5 Å². The molecule has 1 N–H and O–H groups in total. The fraction of sp³-hybridized carbons (Fsp3) is 0.333. The van der Waals surface area contributed by atoms with Crippen LogP contribution in [-0.4, -0.2) is 6.54 Å². The van der Waals surface area contributed by atoms with Crippen LogP contribution in [0.5, 0.6) is 5.75 Å². The van der Waals surface area contributed by atoms with Gasteiger partial charge >= 0.3 is 0 Å². The van der Waals surface area contributed by atoms with Crippen LogP contribution < -0.4 is 10.1 Å². The van der Waals surface area contributed by atoms with E-state index in [4.69, 9.17) is 27.9 Å². The Bertz CT molecular complexity index is 601. The van der Waals surface area contributed by atoms with Gasteiger partial charge in [-0.3, -0.25) is 0 Å². The molecule has 0 heterocycles. The van der Waals surface area contributed by atoms with Crippen molar-refractivity contribution in [3.05, 3.63) is 63.6 Å². The van der Waals surface area contributed by atoms with Crippen LogP contribution in [0.25, 0.3) is 0 Å². The summed E-state index contributed by atoms with van der Waals surface area (Å²) >= 11 is 12.1. The molecule has 0 bridgehead atoms. The zero-order chi connectivity index (χ0) is 15.8. The SMILES string of the molecule is CCCCNCc1cc(Cl)ccc1OCc1cccc(Cl)c1. The van der Waals surface area contributed by atoms with Gasteiger partial charge in [0, 0.05) is 22.2 Å². The van der Waals surface area contributed by atoms with Crippen molar-refractivity contribution in [2.24, 2.45) is 0 Å². The average Bonchev–Trinajstić information content (AvgIpc) is 2.51. The van der Waals surface area contributed by atoms with Crippen molar-refractivity contribution in [2.75, 3.05) is 6.54 Å². The summed E-state index contributed by atoms with van der Waals surface area (Å²) < 4.78 is 5.93. The molecule has 0 aliphatic heterocycles. The van der Waals surface area contributed by atoms with Gasteiger partial charge in [-0.05, 0) is 48.9 Å². The van der Waals surface area contributed by atoms with Gasteiger partial charge in [-0.2, -0.15) is 0 Å². The van der Waals surface area contributed by atoms with E-state index in [1.54, 1.807) is 0 Å².